The van der Waals surface area contributed by atoms with Crippen molar-refractivity contribution in [3.05, 3.63) is 89.0 Å². The second-order valence-electron chi connectivity index (χ2n) is 9.82. The quantitative estimate of drug-likeness (QED) is 0.375. The van der Waals surface area contributed by atoms with Crippen molar-refractivity contribution in [3.8, 4) is 5.75 Å². The minimum atomic E-state index is -4.45. The number of amides is 3. The molecule has 0 aromatic heterocycles. The fourth-order valence-corrected chi connectivity index (χ4v) is 6.45. The van der Waals surface area contributed by atoms with Gasteiger partial charge in [0.1, 0.15) is 5.75 Å². The van der Waals surface area contributed by atoms with Gasteiger partial charge in [0.2, 0.25) is 0 Å². The van der Waals surface area contributed by atoms with E-state index in [4.69, 9.17) is 4.74 Å². The van der Waals surface area contributed by atoms with Crippen LogP contribution < -0.4 is 15.0 Å². The van der Waals surface area contributed by atoms with E-state index in [0.29, 0.717) is 46.5 Å². The van der Waals surface area contributed by atoms with Gasteiger partial charge in [-0.05, 0) is 59.5 Å². The number of carbonyl (C=O) groups excluding carboxylic acids is 2. The highest BCUT2D eigenvalue weighted by atomic mass is 32.2. The third-order valence-corrected chi connectivity index (χ3v) is 8.52. The van der Waals surface area contributed by atoms with Gasteiger partial charge in [0, 0.05) is 23.5 Å². The molecular weight excluding hydrogens is 527 g/mol. The summed E-state index contributed by atoms with van der Waals surface area (Å²) in [5, 5.41) is 2.93. The number of thioether (sulfide) groups is 1. The maximum Gasteiger partial charge on any atom is 0.416 e. The van der Waals surface area contributed by atoms with Crippen LogP contribution in [0.3, 0.4) is 0 Å². The first-order chi connectivity index (χ1) is 18.5. The van der Waals surface area contributed by atoms with Crippen molar-refractivity contribution in [2.75, 3.05) is 29.6 Å². The zero-order chi connectivity index (χ0) is 27.9. The van der Waals surface area contributed by atoms with E-state index >= 15 is 0 Å². The number of hydrogen-bond acceptors (Lipinski definition) is 4. The smallest absolute Gasteiger partial charge is 0.416 e. The van der Waals surface area contributed by atoms with Crippen molar-refractivity contribution < 1.29 is 27.5 Å². The molecule has 1 spiro atoms. The van der Waals surface area contributed by atoms with E-state index in [1.54, 1.807) is 23.1 Å². The molecule has 1 unspecified atom stereocenters. The first-order valence-electron chi connectivity index (χ1n) is 12.5. The summed E-state index contributed by atoms with van der Waals surface area (Å²) in [6.45, 7) is 4.58. The van der Waals surface area contributed by atoms with E-state index in [2.05, 4.69) is 19.2 Å². The van der Waals surface area contributed by atoms with Crippen LogP contribution in [0.2, 0.25) is 0 Å². The molecule has 0 bridgehead atoms. The molecule has 2 aliphatic rings. The Hall–Kier alpha value is -3.66. The van der Waals surface area contributed by atoms with E-state index in [9.17, 15) is 22.8 Å². The van der Waals surface area contributed by atoms with Gasteiger partial charge in [0.15, 0.2) is 4.87 Å². The SMILES string of the molecule is COc1ccc2c(c1)C1(SCCN1C(=O)Nc1ccc(C(C)C)cc1)C(=O)N2Cc1ccc(C(F)(F)F)cc1. The number of halogens is 3. The molecule has 1 N–H and O–H groups in total. The van der Waals surface area contributed by atoms with Crippen LogP contribution >= 0.6 is 11.8 Å². The molecule has 204 valence electrons. The average molecular weight is 556 g/mol. The minimum Gasteiger partial charge on any atom is -0.497 e. The summed E-state index contributed by atoms with van der Waals surface area (Å²) >= 11 is 1.37. The summed E-state index contributed by atoms with van der Waals surface area (Å²) < 4.78 is 44.6. The van der Waals surface area contributed by atoms with Crippen molar-refractivity contribution >= 4 is 35.1 Å². The van der Waals surface area contributed by atoms with Crippen molar-refractivity contribution in [1.29, 1.82) is 0 Å². The van der Waals surface area contributed by atoms with Gasteiger partial charge in [-0.25, -0.2) is 4.79 Å². The number of benzene rings is 3. The summed E-state index contributed by atoms with van der Waals surface area (Å²) in [5.74, 6) is 1.11. The van der Waals surface area contributed by atoms with Crippen molar-refractivity contribution in [2.45, 2.75) is 37.4 Å². The third-order valence-electron chi connectivity index (χ3n) is 7.10. The lowest BCUT2D eigenvalue weighted by molar-refractivity contribution is -0.137. The van der Waals surface area contributed by atoms with E-state index in [0.717, 1.165) is 17.7 Å². The lowest BCUT2D eigenvalue weighted by Crippen LogP contribution is -2.51. The number of nitrogens with zero attached hydrogens (tertiary/aromatic N) is 2. The molecule has 2 aliphatic heterocycles. The standard InChI is InChI=1S/C29H28F3N3O3S/c1-18(2)20-6-10-22(11-7-20)33-27(37)35-14-15-39-28(35)24-16-23(38-3)12-13-25(24)34(26(28)36)17-19-4-8-21(9-5-19)29(30,31)32/h4-13,16,18H,14-15,17H2,1-3H3,(H,33,37). The van der Waals surface area contributed by atoms with E-state index in [-0.39, 0.29) is 12.5 Å². The Kier molecular flexibility index (Phi) is 7.00. The topological polar surface area (TPSA) is 61.9 Å². The van der Waals surface area contributed by atoms with E-state index in [1.807, 2.05) is 24.3 Å². The number of carbonyl (C=O) groups is 2. The molecule has 10 heteroatoms. The Morgan fingerprint density at radius 1 is 1.08 bits per heavy atom. The Morgan fingerprint density at radius 2 is 1.77 bits per heavy atom. The largest absolute Gasteiger partial charge is 0.497 e. The minimum absolute atomic E-state index is 0.0603. The van der Waals surface area contributed by atoms with Crippen LogP contribution in [0, 0.1) is 0 Å². The number of anilines is 2. The predicted octanol–water partition coefficient (Wildman–Crippen LogP) is 6.82. The lowest BCUT2D eigenvalue weighted by atomic mass is 10.0. The van der Waals surface area contributed by atoms with E-state index < -0.39 is 22.6 Å². The van der Waals surface area contributed by atoms with Crippen LogP contribution in [0.25, 0.3) is 0 Å². The molecule has 3 aromatic rings. The van der Waals surface area contributed by atoms with Gasteiger partial charge >= 0.3 is 12.2 Å². The van der Waals surface area contributed by atoms with Crippen molar-refractivity contribution in [2.24, 2.45) is 0 Å². The summed E-state index contributed by atoms with van der Waals surface area (Å²) in [6.07, 6.45) is -4.45. The Morgan fingerprint density at radius 3 is 2.38 bits per heavy atom. The highest BCUT2D eigenvalue weighted by Gasteiger charge is 2.59. The van der Waals surface area contributed by atoms with Gasteiger partial charge < -0.3 is 15.0 Å². The Labute approximate surface area is 229 Å². The molecule has 1 saturated heterocycles. The summed E-state index contributed by atoms with van der Waals surface area (Å²) in [6, 6.07) is 17.2. The first-order valence-corrected chi connectivity index (χ1v) is 13.5. The second-order valence-corrected chi connectivity index (χ2v) is 11.1. The number of hydrogen-bond donors (Lipinski definition) is 1. The fraction of sp³-hybridized carbons (Fsp3) is 0.310. The molecular formula is C29H28F3N3O3S. The normalized spacial score (nSPS) is 18.7. The molecule has 1 fully saturated rings. The summed E-state index contributed by atoms with van der Waals surface area (Å²) in [7, 11) is 1.53. The fourth-order valence-electron chi connectivity index (χ4n) is 5.00. The van der Waals surface area contributed by atoms with Crippen molar-refractivity contribution in [3.63, 3.8) is 0 Å². The Balaban J connectivity index is 1.48. The maximum absolute atomic E-state index is 14.2. The van der Waals surface area contributed by atoms with E-state index in [1.165, 1.54) is 35.9 Å². The molecule has 3 aromatic carbocycles. The number of rotatable bonds is 5. The number of urea groups is 1. The molecule has 5 rings (SSSR count). The first kappa shape index (κ1) is 26.9. The van der Waals surface area contributed by atoms with Gasteiger partial charge in [-0.3, -0.25) is 9.69 Å². The number of ether oxygens (including phenoxy) is 1. The number of fused-ring (bicyclic) bond motifs is 2. The summed E-state index contributed by atoms with van der Waals surface area (Å²) in [4.78, 5) is 29.5. The summed E-state index contributed by atoms with van der Waals surface area (Å²) in [5.41, 5.74) is 2.76. The highest BCUT2D eigenvalue weighted by Crippen LogP contribution is 2.55. The molecule has 0 radical (unpaired) electrons. The molecule has 1 atom stereocenters. The molecule has 2 heterocycles. The predicted molar refractivity (Wildman–Crippen MR) is 146 cm³/mol. The average Bonchev–Trinajstić information content (AvgIpc) is 3.45. The van der Waals surface area contributed by atoms with Gasteiger partial charge in [0.25, 0.3) is 5.91 Å². The zero-order valence-corrected chi connectivity index (χ0v) is 22.5. The number of methoxy groups -OCH3 is 1. The van der Waals surface area contributed by atoms with Gasteiger partial charge in [-0.2, -0.15) is 13.2 Å². The van der Waals surface area contributed by atoms with Crippen LogP contribution in [-0.2, 0) is 22.4 Å². The second kappa shape index (κ2) is 10.1. The molecule has 0 saturated carbocycles. The van der Waals surface area contributed by atoms with Crippen LogP contribution in [0.15, 0.2) is 66.7 Å². The molecule has 3 amide bonds. The number of nitrogens with one attached hydrogen (secondary N) is 1. The maximum atomic E-state index is 14.2. The molecule has 6 nitrogen and oxygen atoms in total. The van der Waals surface area contributed by atoms with Gasteiger partial charge in [-0.1, -0.05) is 38.1 Å². The number of alkyl halides is 3. The van der Waals surface area contributed by atoms with Crippen LogP contribution in [0.4, 0.5) is 29.3 Å². The van der Waals surface area contributed by atoms with Crippen LogP contribution in [0.1, 0.15) is 42.0 Å². The van der Waals surface area contributed by atoms with Crippen molar-refractivity contribution in [1.82, 2.24) is 4.90 Å². The Bertz CT molecular complexity index is 1390. The lowest BCUT2D eigenvalue weighted by Gasteiger charge is -2.33. The monoisotopic (exact) mass is 555 g/mol. The molecule has 0 aliphatic carbocycles. The third kappa shape index (κ3) is 4.82. The molecule has 39 heavy (non-hydrogen) atoms. The van der Waals surface area contributed by atoms with Gasteiger partial charge in [-0.15, -0.1) is 11.8 Å². The highest BCUT2D eigenvalue weighted by molar-refractivity contribution is 8.01. The zero-order valence-electron chi connectivity index (χ0n) is 21.7. The van der Waals surface area contributed by atoms with Crippen LogP contribution in [-0.4, -0.2) is 36.2 Å². The van der Waals surface area contributed by atoms with Crippen LogP contribution in [0.5, 0.6) is 5.75 Å². The van der Waals surface area contributed by atoms with Gasteiger partial charge in [0.05, 0.1) is 24.9 Å².